The number of piperazine rings is 1. The quantitative estimate of drug-likeness (QED) is 0.0556. The van der Waals surface area contributed by atoms with Crippen LogP contribution in [0.1, 0.15) is 157 Å². The van der Waals surface area contributed by atoms with Crippen molar-refractivity contribution in [3.63, 3.8) is 0 Å². The predicted molar refractivity (Wildman–Crippen MR) is 341 cm³/mol. The number of halogens is 3. The summed E-state index contributed by atoms with van der Waals surface area (Å²) in [6.07, 6.45) is 10.1. The molecule has 4 unspecified atom stereocenters. The summed E-state index contributed by atoms with van der Waals surface area (Å²) in [5, 5.41) is 17.3. The number of nitrogens with zero attached hydrogens (tertiary/aromatic N) is 9. The SMILES string of the molecule is CC(=O)CC(C)(C)Cc1c(-c2cc(N3CCN(C4CC4)CC3)cnc2C(C)C)n(CC(F)(F)F)c2ccc(N3CCCCC3)cc12.[B]C([B])(O)N(C(=C)N(CC)CC1CCN(C(C(=C)NC(C)C(=C)N2CCCCN2)C(C)C)C1)C(C)C1CC1. The largest absolute Gasteiger partial charge is 0.406 e. The first kappa shape index (κ1) is 65.3. The topological polar surface area (TPSA) is 102 Å². The molecule has 9 rings (SSSR count). The van der Waals surface area contributed by atoms with E-state index in [0.29, 0.717) is 53.7 Å². The number of alkyl halides is 3. The number of piperidine rings is 1. The zero-order valence-corrected chi connectivity index (χ0v) is 53.0. The molecule has 0 spiro atoms. The molecule has 1 aromatic carbocycles. The normalized spacial score (nSPS) is 20.7. The van der Waals surface area contributed by atoms with Crippen molar-refractivity contribution >= 4 is 43.8 Å². The van der Waals surface area contributed by atoms with Gasteiger partial charge in [0, 0.05) is 124 Å². The molecule has 2 aliphatic carbocycles. The average molecular weight is 1160 g/mol. The number of Topliss-reactive ketones (excluding diaryl/α,β-unsaturated/α-hetero) is 1. The van der Waals surface area contributed by atoms with E-state index in [0.717, 1.165) is 156 Å². The Morgan fingerprint density at radius 2 is 1.54 bits per heavy atom. The molecule has 3 aromatic rings. The Morgan fingerprint density at radius 1 is 0.869 bits per heavy atom. The predicted octanol–water partition coefficient (Wildman–Crippen LogP) is 11.0. The maximum absolute atomic E-state index is 14.5. The van der Waals surface area contributed by atoms with Crippen molar-refractivity contribution < 1.29 is 23.1 Å². The first-order valence-corrected chi connectivity index (χ1v) is 32.0. The second-order valence-corrected chi connectivity index (χ2v) is 27.2. The van der Waals surface area contributed by atoms with Gasteiger partial charge in [-0.1, -0.05) is 61.3 Å². The van der Waals surface area contributed by atoms with Crippen LogP contribution >= 0.6 is 0 Å². The van der Waals surface area contributed by atoms with Crippen molar-refractivity contribution in [2.75, 3.05) is 88.3 Å². The molecule has 6 aliphatic rings. The van der Waals surface area contributed by atoms with E-state index in [1.54, 1.807) is 11.8 Å². The van der Waals surface area contributed by atoms with Crippen molar-refractivity contribution in [1.29, 1.82) is 0 Å². The summed E-state index contributed by atoms with van der Waals surface area (Å²) in [6.45, 7) is 44.1. The Bertz CT molecular complexity index is 2730. The maximum atomic E-state index is 14.5. The Kier molecular flexibility index (Phi) is 21.5. The van der Waals surface area contributed by atoms with Crippen LogP contribution in [-0.2, 0) is 17.8 Å². The molecular weight excluding hydrogens is 1060 g/mol. The van der Waals surface area contributed by atoms with Gasteiger partial charge in [0.2, 0.25) is 0 Å². The molecule has 460 valence electrons. The molecule has 2 aromatic heterocycles. The van der Waals surface area contributed by atoms with Gasteiger partial charge < -0.3 is 44.4 Å². The Hall–Kier alpha value is -4.64. The summed E-state index contributed by atoms with van der Waals surface area (Å²) < 4.78 is 45.0. The molecule has 4 saturated heterocycles. The van der Waals surface area contributed by atoms with Crippen molar-refractivity contribution in [2.45, 2.75) is 195 Å². The zero-order valence-electron chi connectivity index (χ0n) is 53.0. The van der Waals surface area contributed by atoms with E-state index in [9.17, 15) is 23.1 Å². The van der Waals surface area contributed by atoms with Gasteiger partial charge in [0.05, 0.1) is 46.7 Å². The number of ketones is 1. The molecule has 2 saturated carbocycles. The minimum atomic E-state index is -4.42. The fraction of sp³-hybridized carbons (Fsp3) is 0.697. The number of rotatable bonds is 25. The maximum Gasteiger partial charge on any atom is 0.406 e. The number of carbonyl (C=O) groups excluding carboxylic acids is 1. The second-order valence-electron chi connectivity index (χ2n) is 27.2. The fourth-order valence-electron chi connectivity index (χ4n) is 14.2. The summed E-state index contributed by atoms with van der Waals surface area (Å²) in [5.41, 5.74) is 8.85. The number of hydrogen-bond acceptors (Lipinski definition) is 12. The molecule has 84 heavy (non-hydrogen) atoms. The number of pyridine rings is 1. The molecule has 3 N–H and O–H groups in total. The van der Waals surface area contributed by atoms with Gasteiger partial charge in [-0.05, 0) is 164 Å². The number of nitrogens with one attached hydrogen (secondary N) is 2. The lowest BCUT2D eigenvalue weighted by molar-refractivity contribution is -0.139. The highest BCUT2D eigenvalue weighted by molar-refractivity contribution is 6.38. The number of hydrogen-bond donors (Lipinski definition) is 3. The van der Waals surface area contributed by atoms with Crippen molar-refractivity contribution in [3.8, 4) is 11.3 Å². The molecule has 0 amide bonds. The third-order valence-electron chi connectivity index (χ3n) is 18.7. The molecule has 0 bridgehead atoms. The van der Waals surface area contributed by atoms with E-state index in [-0.39, 0.29) is 29.8 Å². The Labute approximate surface area is 505 Å². The van der Waals surface area contributed by atoms with Crippen LogP contribution in [0.5, 0.6) is 0 Å². The summed E-state index contributed by atoms with van der Waals surface area (Å²) in [7, 11) is 12.0. The smallest absolute Gasteiger partial charge is 0.390 e. The highest BCUT2D eigenvalue weighted by Gasteiger charge is 2.41. The molecule has 4 atom stereocenters. The lowest BCUT2D eigenvalue weighted by atomic mass is 9.71. The van der Waals surface area contributed by atoms with Gasteiger partial charge in [-0.15, -0.1) is 0 Å². The van der Waals surface area contributed by atoms with Gasteiger partial charge in [-0.2, -0.15) is 13.2 Å². The van der Waals surface area contributed by atoms with Gasteiger partial charge in [0.1, 0.15) is 28.0 Å². The fourth-order valence-corrected chi connectivity index (χ4v) is 14.2. The third kappa shape index (κ3) is 16.5. The molecule has 6 fully saturated rings. The zero-order chi connectivity index (χ0) is 61.0. The minimum Gasteiger partial charge on any atom is -0.390 e. The number of aliphatic hydroxyl groups is 1. The van der Waals surface area contributed by atoms with E-state index in [1.807, 2.05) is 18.3 Å². The number of hydrazine groups is 1. The highest BCUT2D eigenvalue weighted by Crippen LogP contribution is 2.45. The van der Waals surface area contributed by atoms with E-state index in [1.165, 1.54) is 36.7 Å². The number of fused-ring (bicyclic) bond motifs is 1. The lowest BCUT2D eigenvalue weighted by Crippen LogP contribution is -2.57. The van der Waals surface area contributed by atoms with E-state index in [2.05, 4.69) is 134 Å². The molecule has 18 heteroatoms. The molecular formula is C66H102B2F3N11O2. The number of likely N-dealkylation sites (tertiary alicyclic amines) is 1. The van der Waals surface area contributed by atoms with Crippen LogP contribution in [0.3, 0.4) is 0 Å². The van der Waals surface area contributed by atoms with Gasteiger partial charge in [0.15, 0.2) is 0 Å². The summed E-state index contributed by atoms with van der Waals surface area (Å²) in [5.74, 6) is 2.21. The average Bonchev–Trinajstić information content (AvgIpc) is 2.73. The first-order chi connectivity index (χ1) is 39.6. The summed E-state index contributed by atoms with van der Waals surface area (Å²) in [4.78, 5) is 31.1. The van der Waals surface area contributed by atoms with Gasteiger partial charge in [0.25, 0.3) is 0 Å². The number of anilines is 2. The number of benzene rings is 1. The van der Waals surface area contributed by atoms with Crippen LogP contribution in [0, 0.1) is 23.2 Å². The van der Waals surface area contributed by atoms with Crippen LogP contribution in [-0.4, -0.2) is 175 Å². The number of aromatic nitrogens is 2. The van der Waals surface area contributed by atoms with Crippen LogP contribution in [0.15, 0.2) is 67.4 Å². The second kappa shape index (κ2) is 27.6. The van der Waals surface area contributed by atoms with Crippen molar-refractivity contribution in [1.82, 2.24) is 44.9 Å². The molecule has 13 nitrogen and oxygen atoms in total. The van der Waals surface area contributed by atoms with Crippen LogP contribution < -0.4 is 20.5 Å². The Balaban J connectivity index is 0.000000224. The molecule has 6 heterocycles. The van der Waals surface area contributed by atoms with E-state index < -0.39 is 23.7 Å². The summed E-state index contributed by atoms with van der Waals surface area (Å²) >= 11 is 0. The van der Waals surface area contributed by atoms with Gasteiger partial charge in [-0.3, -0.25) is 14.8 Å². The molecule has 4 aliphatic heterocycles. The van der Waals surface area contributed by atoms with Crippen molar-refractivity contribution in [3.05, 3.63) is 78.7 Å². The number of carbonyl (C=O) groups is 1. The van der Waals surface area contributed by atoms with Crippen LogP contribution in [0.4, 0.5) is 24.5 Å². The van der Waals surface area contributed by atoms with E-state index >= 15 is 0 Å². The monoisotopic (exact) mass is 1160 g/mol. The van der Waals surface area contributed by atoms with Gasteiger partial charge >= 0.3 is 6.18 Å². The van der Waals surface area contributed by atoms with Crippen molar-refractivity contribution in [2.24, 2.45) is 23.2 Å². The van der Waals surface area contributed by atoms with E-state index in [4.69, 9.17) is 20.7 Å². The Morgan fingerprint density at radius 3 is 2.11 bits per heavy atom. The standard InChI is InChI=1S/C37H50F3N5O.C29H52B2N6O/c1-25(2)34-31(20-29(23-41-34)44-17-15-43(16-18-44)27-9-10-27)35-32(22-36(4,5)21-26(3)46)30-19-28(42-13-7-6-8-14-42)11-12-33(30)45(35)24-37(38,39)40;1-9-34(25(8)37(29(30,31)38)24(7)27-12-13-27)18-26-14-17-35(19-26)28(20(2)3)22(5)33-21(4)23(6)36-16-11-10-15-32-36/h11-12,19-20,23,25,27H,6-10,13-18,21-22,24H2,1-5H3;20-21,24,26-28,32-33,38H,5-6,8-19H2,1-4,7H3. The summed E-state index contributed by atoms with van der Waals surface area (Å²) in [6, 6.07) is 9.21. The minimum absolute atomic E-state index is 0.00936. The third-order valence-corrected chi connectivity index (χ3v) is 18.7. The first-order valence-electron chi connectivity index (χ1n) is 32.0. The van der Waals surface area contributed by atoms with Crippen LogP contribution in [0.2, 0.25) is 0 Å². The van der Waals surface area contributed by atoms with Crippen LogP contribution in [0.25, 0.3) is 22.2 Å². The van der Waals surface area contributed by atoms with Gasteiger partial charge in [-0.25, -0.2) is 5.43 Å². The lowest BCUT2D eigenvalue weighted by Gasteiger charge is -2.47. The highest BCUT2D eigenvalue weighted by atomic mass is 19.4. The molecule has 4 radical (unpaired) electrons.